The molecule has 4 nitrogen and oxygen atoms in total. The summed E-state index contributed by atoms with van der Waals surface area (Å²) in [6, 6.07) is 5.31. The van der Waals surface area contributed by atoms with Crippen molar-refractivity contribution in [2.75, 3.05) is 0 Å². The highest BCUT2D eigenvalue weighted by Crippen LogP contribution is 2.46. The SMILES string of the molecule is Cc1c(O)cccc1-c1nc(C2(C)CC2)no1. The molecular formula is C13H14N2O2. The molecule has 0 spiro atoms. The van der Waals surface area contributed by atoms with Gasteiger partial charge in [0.15, 0.2) is 5.82 Å². The Hall–Kier alpha value is -1.84. The zero-order valence-corrected chi connectivity index (χ0v) is 9.90. The van der Waals surface area contributed by atoms with Gasteiger partial charge in [-0.2, -0.15) is 4.98 Å². The van der Waals surface area contributed by atoms with Gasteiger partial charge >= 0.3 is 0 Å². The van der Waals surface area contributed by atoms with Crippen molar-refractivity contribution in [2.45, 2.75) is 32.1 Å². The van der Waals surface area contributed by atoms with Crippen LogP contribution in [0.3, 0.4) is 0 Å². The Morgan fingerprint density at radius 1 is 1.35 bits per heavy atom. The van der Waals surface area contributed by atoms with Gasteiger partial charge in [0.2, 0.25) is 0 Å². The summed E-state index contributed by atoms with van der Waals surface area (Å²) in [6.07, 6.45) is 2.23. The summed E-state index contributed by atoms with van der Waals surface area (Å²) in [4.78, 5) is 4.43. The fraction of sp³-hybridized carbons (Fsp3) is 0.385. The van der Waals surface area contributed by atoms with Gasteiger partial charge in [0.25, 0.3) is 5.89 Å². The lowest BCUT2D eigenvalue weighted by atomic mass is 10.1. The van der Waals surface area contributed by atoms with Crippen LogP contribution in [-0.4, -0.2) is 15.2 Å². The molecular weight excluding hydrogens is 216 g/mol. The summed E-state index contributed by atoms with van der Waals surface area (Å²) in [7, 11) is 0. The number of phenolic OH excluding ortho intramolecular Hbond substituents is 1. The zero-order chi connectivity index (χ0) is 12.0. The first-order valence-corrected chi connectivity index (χ1v) is 5.73. The van der Waals surface area contributed by atoms with Crippen LogP contribution >= 0.6 is 0 Å². The predicted molar refractivity (Wildman–Crippen MR) is 62.7 cm³/mol. The van der Waals surface area contributed by atoms with Crippen LogP contribution in [0.25, 0.3) is 11.5 Å². The molecule has 4 heteroatoms. The molecule has 88 valence electrons. The highest BCUT2D eigenvalue weighted by molar-refractivity contribution is 5.62. The van der Waals surface area contributed by atoms with Crippen molar-refractivity contribution in [1.29, 1.82) is 0 Å². The second kappa shape index (κ2) is 3.32. The van der Waals surface area contributed by atoms with Crippen LogP contribution in [0.2, 0.25) is 0 Å². The second-order valence-corrected chi connectivity index (χ2v) is 4.93. The van der Waals surface area contributed by atoms with E-state index in [1.807, 2.05) is 13.0 Å². The lowest BCUT2D eigenvalue weighted by molar-refractivity contribution is 0.415. The van der Waals surface area contributed by atoms with Gasteiger partial charge in [0, 0.05) is 16.5 Å². The predicted octanol–water partition coefficient (Wildman–Crippen LogP) is 2.80. The maximum atomic E-state index is 9.65. The van der Waals surface area contributed by atoms with Crippen molar-refractivity contribution in [3.8, 4) is 17.2 Å². The van der Waals surface area contributed by atoms with Crippen LogP contribution in [-0.2, 0) is 5.41 Å². The van der Waals surface area contributed by atoms with Gasteiger partial charge in [0.05, 0.1) is 0 Å². The summed E-state index contributed by atoms with van der Waals surface area (Å²) in [5.41, 5.74) is 1.67. The number of nitrogens with zero attached hydrogens (tertiary/aromatic N) is 2. The summed E-state index contributed by atoms with van der Waals surface area (Å²) in [5.74, 6) is 1.51. The summed E-state index contributed by atoms with van der Waals surface area (Å²) < 4.78 is 5.28. The molecule has 17 heavy (non-hydrogen) atoms. The Bertz CT molecular complexity index is 571. The van der Waals surface area contributed by atoms with Crippen LogP contribution in [0.15, 0.2) is 22.7 Å². The first-order valence-electron chi connectivity index (χ1n) is 5.73. The smallest absolute Gasteiger partial charge is 0.258 e. The number of aromatic nitrogens is 2. The quantitative estimate of drug-likeness (QED) is 0.861. The zero-order valence-electron chi connectivity index (χ0n) is 9.90. The van der Waals surface area contributed by atoms with E-state index in [2.05, 4.69) is 17.1 Å². The average Bonchev–Trinajstić information content (AvgIpc) is 2.88. The molecule has 1 N–H and O–H groups in total. The molecule has 0 amide bonds. The van der Waals surface area contributed by atoms with E-state index < -0.39 is 0 Å². The van der Waals surface area contributed by atoms with E-state index in [1.165, 1.54) is 0 Å². The topological polar surface area (TPSA) is 59.2 Å². The lowest BCUT2D eigenvalue weighted by Gasteiger charge is -2.02. The van der Waals surface area contributed by atoms with E-state index in [0.29, 0.717) is 5.89 Å². The molecule has 0 radical (unpaired) electrons. The van der Waals surface area contributed by atoms with Crippen LogP contribution < -0.4 is 0 Å². The van der Waals surface area contributed by atoms with Crippen LogP contribution in [0.4, 0.5) is 0 Å². The maximum absolute atomic E-state index is 9.65. The van der Waals surface area contributed by atoms with Gasteiger partial charge < -0.3 is 9.63 Å². The largest absolute Gasteiger partial charge is 0.508 e. The van der Waals surface area contributed by atoms with Crippen LogP contribution in [0.1, 0.15) is 31.2 Å². The molecule has 1 aromatic heterocycles. The molecule has 0 atom stereocenters. The number of hydrogen-bond acceptors (Lipinski definition) is 4. The fourth-order valence-electron chi connectivity index (χ4n) is 1.84. The third-order valence-corrected chi connectivity index (χ3v) is 3.50. The maximum Gasteiger partial charge on any atom is 0.258 e. The summed E-state index contributed by atoms with van der Waals surface area (Å²) >= 11 is 0. The van der Waals surface area contributed by atoms with Crippen LogP contribution in [0.5, 0.6) is 5.75 Å². The van der Waals surface area contributed by atoms with Crippen molar-refractivity contribution < 1.29 is 9.63 Å². The highest BCUT2D eigenvalue weighted by Gasteiger charge is 2.43. The Balaban J connectivity index is 2.04. The van der Waals surface area contributed by atoms with Gasteiger partial charge in [-0.15, -0.1) is 0 Å². The number of rotatable bonds is 2. The first kappa shape index (κ1) is 10.3. The van der Waals surface area contributed by atoms with Gasteiger partial charge in [0.1, 0.15) is 5.75 Å². The van der Waals surface area contributed by atoms with E-state index in [9.17, 15) is 5.11 Å². The Labute approximate surface area is 99.3 Å². The summed E-state index contributed by atoms with van der Waals surface area (Å²) in [5, 5.41) is 13.7. The lowest BCUT2D eigenvalue weighted by Crippen LogP contribution is -2.01. The van der Waals surface area contributed by atoms with Gasteiger partial charge in [-0.05, 0) is 31.9 Å². The molecule has 0 bridgehead atoms. The number of phenols is 1. The minimum absolute atomic E-state index is 0.104. The van der Waals surface area contributed by atoms with Gasteiger partial charge in [-0.3, -0.25) is 0 Å². The van der Waals surface area contributed by atoms with Gasteiger partial charge in [-0.1, -0.05) is 18.1 Å². The number of hydrogen-bond donors (Lipinski definition) is 1. The molecule has 1 aromatic carbocycles. The molecule has 3 rings (SSSR count). The minimum atomic E-state index is 0.104. The summed E-state index contributed by atoms with van der Waals surface area (Å²) in [6.45, 7) is 3.98. The molecule has 1 fully saturated rings. The monoisotopic (exact) mass is 230 g/mol. The molecule has 0 saturated heterocycles. The third kappa shape index (κ3) is 1.60. The van der Waals surface area contributed by atoms with E-state index in [1.54, 1.807) is 12.1 Å². The molecule has 0 aliphatic heterocycles. The van der Waals surface area contributed by atoms with Crippen molar-refractivity contribution >= 4 is 0 Å². The van der Waals surface area contributed by atoms with E-state index >= 15 is 0 Å². The number of benzene rings is 1. The van der Waals surface area contributed by atoms with Crippen molar-refractivity contribution in [1.82, 2.24) is 10.1 Å². The first-order chi connectivity index (χ1) is 8.10. The second-order valence-electron chi connectivity index (χ2n) is 4.93. The molecule has 1 heterocycles. The third-order valence-electron chi connectivity index (χ3n) is 3.50. The standard InChI is InChI=1S/C13H14N2O2/c1-8-9(4-3-5-10(8)16)11-14-12(15-17-11)13(2)6-7-13/h3-5,16H,6-7H2,1-2H3. The fourth-order valence-corrected chi connectivity index (χ4v) is 1.84. The normalized spacial score (nSPS) is 17.1. The van der Waals surface area contributed by atoms with E-state index in [4.69, 9.17) is 4.52 Å². The highest BCUT2D eigenvalue weighted by atomic mass is 16.5. The molecule has 1 saturated carbocycles. The Morgan fingerprint density at radius 3 is 2.82 bits per heavy atom. The van der Waals surface area contributed by atoms with Crippen molar-refractivity contribution in [3.63, 3.8) is 0 Å². The minimum Gasteiger partial charge on any atom is -0.508 e. The van der Waals surface area contributed by atoms with E-state index in [0.717, 1.165) is 29.8 Å². The molecule has 1 aliphatic carbocycles. The number of aromatic hydroxyl groups is 1. The molecule has 0 unspecified atom stereocenters. The molecule has 2 aromatic rings. The molecule has 1 aliphatic rings. The Kier molecular flexibility index (Phi) is 2.02. The average molecular weight is 230 g/mol. The van der Waals surface area contributed by atoms with Crippen molar-refractivity contribution in [3.05, 3.63) is 29.6 Å². The van der Waals surface area contributed by atoms with Gasteiger partial charge in [-0.25, -0.2) is 0 Å². The van der Waals surface area contributed by atoms with Crippen LogP contribution in [0, 0.1) is 6.92 Å². The van der Waals surface area contributed by atoms with Crippen molar-refractivity contribution in [2.24, 2.45) is 0 Å². The van der Waals surface area contributed by atoms with E-state index in [-0.39, 0.29) is 11.2 Å². The Morgan fingerprint density at radius 2 is 2.12 bits per heavy atom.